The van der Waals surface area contributed by atoms with Crippen molar-refractivity contribution in [3.05, 3.63) is 94.0 Å². The summed E-state index contributed by atoms with van der Waals surface area (Å²) in [4.78, 5) is 24.9. The van der Waals surface area contributed by atoms with Gasteiger partial charge >= 0.3 is 0 Å². The fourth-order valence-corrected chi connectivity index (χ4v) is 3.64. The highest BCUT2D eigenvalue weighted by atomic mass is 79.9. The van der Waals surface area contributed by atoms with Crippen molar-refractivity contribution in [3.8, 4) is 17.6 Å². The van der Waals surface area contributed by atoms with Crippen LogP contribution < -0.4 is 20.1 Å². The maximum atomic E-state index is 12.7. The summed E-state index contributed by atoms with van der Waals surface area (Å²) < 4.78 is 11.6. The topological polar surface area (TPSA) is 100 Å². The Morgan fingerprint density at radius 1 is 1.06 bits per heavy atom. The Kier molecular flexibility index (Phi) is 9.04. The first kappa shape index (κ1) is 25.5. The summed E-state index contributed by atoms with van der Waals surface area (Å²) in [5.74, 6) is -0.135. The number of anilines is 1. The van der Waals surface area contributed by atoms with Crippen LogP contribution in [-0.4, -0.2) is 25.5 Å². The van der Waals surface area contributed by atoms with E-state index in [1.54, 1.807) is 24.3 Å². The Bertz CT molecular complexity index is 1250. The van der Waals surface area contributed by atoms with E-state index in [0.29, 0.717) is 27.2 Å². The van der Waals surface area contributed by atoms with Crippen LogP contribution in [0.1, 0.15) is 24.1 Å². The number of hydrogen-bond donors (Lipinski definition) is 2. The zero-order chi connectivity index (χ0) is 25.2. The van der Waals surface area contributed by atoms with Crippen molar-refractivity contribution >= 4 is 39.5 Å². The van der Waals surface area contributed by atoms with Crippen LogP contribution in [0.2, 0.25) is 0 Å². The molecule has 3 rings (SSSR count). The van der Waals surface area contributed by atoms with E-state index in [1.165, 1.54) is 13.2 Å². The molecule has 0 heterocycles. The molecule has 2 N–H and O–H groups in total. The van der Waals surface area contributed by atoms with Crippen LogP contribution in [0.5, 0.6) is 11.5 Å². The molecule has 0 aromatic heterocycles. The Morgan fingerprint density at radius 2 is 1.71 bits per heavy atom. The molecule has 35 heavy (non-hydrogen) atoms. The van der Waals surface area contributed by atoms with Gasteiger partial charge in [-0.05, 0) is 48.4 Å². The van der Waals surface area contributed by atoms with E-state index in [4.69, 9.17) is 9.47 Å². The molecule has 7 nitrogen and oxygen atoms in total. The minimum Gasteiger partial charge on any atom is -0.493 e. The molecule has 0 unspecified atom stereocenters. The van der Waals surface area contributed by atoms with E-state index in [2.05, 4.69) is 26.6 Å². The molecule has 2 amide bonds. The van der Waals surface area contributed by atoms with Crippen molar-refractivity contribution < 1.29 is 19.1 Å². The smallest absolute Gasteiger partial charge is 0.262 e. The van der Waals surface area contributed by atoms with Crippen LogP contribution in [0.4, 0.5) is 5.69 Å². The Balaban J connectivity index is 1.72. The highest BCUT2D eigenvalue weighted by molar-refractivity contribution is 9.10. The van der Waals surface area contributed by atoms with Crippen molar-refractivity contribution in [3.63, 3.8) is 0 Å². The first-order valence-electron chi connectivity index (χ1n) is 10.7. The van der Waals surface area contributed by atoms with Crippen LogP contribution in [0.15, 0.2) is 82.8 Å². The lowest BCUT2D eigenvalue weighted by Crippen LogP contribution is -2.27. The Hall–Kier alpha value is -4.09. The van der Waals surface area contributed by atoms with E-state index < -0.39 is 5.91 Å². The Labute approximate surface area is 212 Å². The number of nitrogens with one attached hydrogen (secondary N) is 2. The third kappa shape index (κ3) is 7.19. The standard InChI is InChI=1S/C27H24BrN3O4/c1-18(19-9-5-3-6-10-19)30-27(33)21(16-29)13-20-14-24(34-2)25(15-23(20)28)35-17-26(32)31-22-11-7-4-8-12-22/h3-15,18H,17H2,1-2H3,(H,30,33)(H,31,32)/b21-13-/t18-/m0/s1. The van der Waals surface area contributed by atoms with Gasteiger partial charge in [-0.1, -0.05) is 64.5 Å². The summed E-state index contributed by atoms with van der Waals surface area (Å²) in [5.41, 5.74) is 2.07. The Morgan fingerprint density at radius 3 is 2.34 bits per heavy atom. The second kappa shape index (κ2) is 12.4. The molecule has 0 aliphatic heterocycles. The van der Waals surface area contributed by atoms with Gasteiger partial charge in [0.25, 0.3) is 11.8 Å². The van der Waals surface area contributed by atoms with Crippen LogP contribution in [-0.2, 0) is 9.59 Å². The molecule has 0 bridgehead atoms. The third-order valence-electron chi connectivity index (χ3n) is 5.01. The molecule has 3 aromatic rings. The molecule has 0 aliphatic rings. The number of amides is 2. The van der Waals surface area contributed by atoms with Gasteiger partial charge in [0.05, 0.1) is 13.2 Å². The normalized spacial score (nSPS) is 11.7. The molecule has 0 spiro atoms. The van der Waals surface area contributed by atoms with E-state index in [1.807, 2.05) is 61.5 Å². The number of halogens is 1. The van der Waals surface area contributed by atoms with Gasteiger partial charge in [0.1, 0.15) is 11.6 Å². The van der Waals surface area contributed by atoms with Gasteiger partial charge < -0.3 is 20.1 Å². The molecule has 0 aliphatic carbocycles. The van der Waals surface area contributed by atoms with Crippen LogP contribution in [0.25, 0.3) is 6.08 Å². The molecule has 1 atom stereocenters. The molecule has 0 saturated heterocycles. The molecular weight excluding hydrogens is 510 g/mol. The van der Waals surface area contributed by atoms with E-state index >= 15 is 0 Å². The van der Waals surface area contributed by atoms with E-state index in [9.17, 15) is 14.9 Å². The number of benzene rings is 3. The molecule has 0 saturated carbocycles. The van der Waals surface area contributed by atoms with E-state index in [-0.39, 0.29) is 24.1 Å². The van der Waals surface area contributed by atoms with Gasteiger partial charge in [-0.15, -0.1) is 0 Å². The van der Waals surface area contributed by atoms with Crippen LogP contribution in [0, 0.1) is 11.3 Å². The predicted octanol–water partition coefficient (Wildman–Crippen LogP) is 5.26. The minimum absolute atomic E-state index is 0.0635. The number of carbonyl (C=O) groups is 2. The molecule has 8 heteroatoms. The first-order chi connectivity index (χ1) is 16.9. The average Bonchev–Trinajstić information content (AvgIpc) is 2.87. The fraction of sp³-hybridized carbons (Fsp3) is 0.148. The summed E-state index contributed by atoms with van der Waals surface area (Å²) in [6, 6.07) is 23.5. The van der Waals surface area contributed by atoms with Crippen molar-refractivity contribution in [1.82, 2.24) is 5.32 Å². The predicted molar refractivity (Wildman–Crippen MR) is 138 cm³/mol. The molecular formula is C27H24BrN3O4. The summed E-state index contributed by atoms with van der Waals surface area (Å²) in [6.45, 7) is 1.62. The number of rotatable bonds is 9. The number of hydrogen-bond acceptors (Lipinski definition) is 5. The van der Waals surface area contributed by atoms with Crippen molar-refractivity contribution in [2.75, 3.05) is 19.0 Å². The van der Waals surface area contributed by atoms with Crippen molar-refractivity contribution in [2.45, 2.75) is 13.0 Å². The average molecular weight is 534 g/mol. The van der Waals surface area contributed by atoms with Gasteiger partial charge in [-0.25, -0.2) is 0 Å². The van der Waals surface area contributed by atoms with Gasteiger partial charge in [0.15, 0.2) is 18.1 Å². The van der Waals surface area contributed by atoms with Gasteiger partial charge in [-0.3, -0.25) is 9.59 Å². The number of ether oxygens (including phenoxy) is 2. The monoisotopic (exact) mass is 533 g/mol. The second-order valence-electron chi connectivity index (χ2n) is 7.50. The summed E-state index contributed by atoms with van der Waals surface area (Å²) >= 11 is 3.44. The highest BCUT2D eigenvalue weighted by Crippen LogP contribution is 2.34. The number of para-hydroxylation sites is 1. The molecule has 0 radical (unpaired) electrons. The second-order valence-corrected chi connectivity index (χ2v) is 8.36. The molecule has 3 aromatic carbocycles. The lowest BCUT2D eigenvalue weighted by atomic mass is 10.1. The highest BCUT2D eigenvalue weighted by Gasteiger charge is 2.16. The maximum absolute atomic E-state index is 12.7. The number of nitriles is 1. The third-order valence-corrected chi connectivity index (χ3v) is 5.70. The quantitative estimate of drug-likeness (QED) is 0.288. The summed E-state index contributed by atoms with van der Waals surface area (Å²) in [5, 5.41) is 15.2. The fourth-order valence-electron chi connectivity index (χ4n) is 3.20. The molecule has 0 fully saturated rings. The zero-order valence-electron chi connectivity index (χ0n) is 19.2. The maximum Gasteiger partial charge on any atom is 0.262 e. The number of methoxy groups -OCH3 is 1. The summed E-state index contributed by atoms with van der Waals surface area (Å²) in [7, 11) is 1.47. The van der Waals surface area contributed by atoms with Gasteiger partial charge in [0.2, 0.25) is 0 Å². The minimum atomic E-state index is -0.493. The zero-order valence-corrected chi connectivity index (χ0v) is 20.8. The van der Waals surface area contributed by atoms with E-state index in [0.717, 1.165) is 5.56 Å². The van der Waals surface area contributed by atoms with Gasteiger partial charge in [0, 0.05) is 10.2 Å². The lowest BCUT2D eigenvalue weighted by Gasteiger charge is -2.15. The number of carbonyl (C=O) groups excluding carboxylic acids is 2. The van der Waals surface area contributed by atoms with Crippen molar-refractivity contribution in [2.24, 2.45) is 0 Å². The summed E-state index contributed by atoms with van der Waals surface area (Å²) in [6.07, 6.45) is 1.46. The number of nitrogens with zero attached hydrogens (tertiary/aromatic N) is 1. The van der Waals surface area contributed by atoms with Crippen LogP contribution in [0.3, 0.4) is 0 Å². The van der Waals surface area contributed by atoms with Gasteiger partial charge in [-0.2, -0.15) is 5.26 Å². The first-order valence-corrected chi connectivity index (χ1v) is 11.5. The lowest BCUT2D eigenvalue weighted by molar-refractivity contribution is -0.118. The molecule has 178 valence electrons. The SMILES string of the molecule is COc1cc(/C=C(/C#N)C(=O)N[C@@H](C)c2ccccc2)c(Br)cc1OCC(=O)Nc1ccccc1. The van der Waals surface area contributed by atoms with Crippen molar-refractivity contribution in [1.29, 1.82) is 5.26 Å². The largest absolute Gasteiger partial charge is 0.493 e. The van der Waals surface area contributed by atoms with Crippen LogP contribution >= 0.6 is 15.9 Å².